The summed E-state index contributed by atoms with van der Waals surface area (Å²) in [4.78, 5) is 23.5. The summed E-state index contributed by atoms with van der Waals surface area (Å²) in [5, 5.41) is 10.9. The summed E-state index contributed by atoms with van der Waals surface area (Å²) >= 11 is 0. The van der Waals surface area contributed by atoms with Gasteiger partial charge < -0.3 is 4.74 Å². The first-order chi connectivity index (χ1) is 13.6. The Bertz CT molecular complexity index is 1000. The molecular weight excluding hydrogens is 354 g/mol. The van der Waals surface area contributed by atoms with Gasteiger partial charge in [0.2, 0.25) is 0 Å². The van der Waals surface area contributed by atoms with Crippen molar-refractivity contribution >= 4 is 11.7 Å². The molecule has 142 valence electrons. The molecule has 3 fully saturated rings. The van der Waals surface area contributed by atoms with Crippen molar-refractivity contribution in [3.05, 3.63) is 75.3 Å². The lowest BCUT2D eigenvalue weighted by Gasteiger charge is -2.46. The number of hydrogen-bond donors (Lipinski definition) is 0. The number of rotatable bonds is 3. The van der Waals surface area contributed by atoms with Crippen LogP contribution >= 0.6 is 0 Å². The number of non-ortho nitro benzene ring substituents is 1. The predicted octanol–water partition coefficient (Wildman–Crippen LogP) is 4.82. The number of carbonyl (C=O) groups excluding carboxylic acids is 1. The molecule has 5 nitrogen and oxygen atoms in total. The third-order valence-electron chi connectivity index (χ3n) is 7.96. The quantitative estimate of drug-likeness (QED) is 0.334. The Hall–Kier alpha value is -2.69. The Kier molecular flexibility index (Phi) is 3.16. The van der Waals surface area contributed by atoms with Crippen molar-refractivity contribution in [2.24, 2.45) is 17.8 Å². The first-order valence-corrected chi connectivity index (χ1v) is 10.2. The average molecular weight is 375 g/mol. The number of carbonyl (C=O) groups is 1. The zero-order chi connectivity index (χ0) is 19.0. The van der Waals surface area contributed by atoms with E-state index in [2.05, 4.69) is 24.3 Å². The third-order valence-corrected chi connectivity index (χ3v) is 7.96. The molecule has 0 radical (unpaired) electrons. The summed E-state index contributed by atoms with van der Waals surface area (Å²) in [6.45, 7) is 0. The second-order valence-electron chi connectivity index (χ2n) is 8.87. The van der Waals surface area contributed by atoms with E-state index in [1.165, 1.54) is 48.2 Å². The molecule has 0 unspecified atom stereocenters. The van der Waals surface area contributed by atoms with Crippen molar-refractivity contribution in [3.8, 4) is 0 Å². The van der Waals surface area contributed by atoms with E-state index in [0.717, 1.165) is 12.8 Å². The van der Waals surface area contributed by atoms with E-state index in [0.29, 0.717) is 29.2 Å². The van der Waals surface area contributed by atoms with E-state index >= 15 is 0 Å². The summed E-state index contributed by atoms with van der Waals surface area (Å²) in [6.07, 6.45) is 4.64. The highest BCUT2D eigenvalue weighted by Crippen LogP contribution is 2.74. The minimum Gasteiger partial charge on any atom is -0.454 e. The van der Waals surface area contributed by atoms with Crippen molar-refractivity contribution in [2.75, 3.05) is 0 Å². The normalized spacial score (nSPS) is 36.2. The summed E-state index contributed by atoms with van der Waals surface area (Å²) in [6, 6.07) is 14.5. The van der Waals surface area contributed by atoms with E-state index in [4.69, 9.17) is 4.74 Å². The number of benzene rings is 2. The fraction of sp³-hybridized carbons (Fsp3) is 0.435. The molecule has 2 aromatic carbocycles. The number of nitro benzene ring substituents is 1. The van der Waals surface area contributed by atoms with Gasteiger partial charge in [-0.3, -0.25) is 10.1 Å². The Balaban J connectivity index is 1.38. The molecule has 4 bridgehead atoms. The van der Waals surface area contributed by atoms with E-state index in [1.54, 1.807) is 0 Å². The third kappa shape index (κ3) is 1.89. The van der Waals surface area contributed by atoms with Crippen LogP contribution in [0.4, 0.5) is 5.69 Å². The van der Waals surface area contributed by atoms with Crippen molar-refractivity contribution in [2.45, 2.75) is 43.1 Å². The Morgan fingerprint density at radius 1 is 1.04 bits per heavy atom. The molecule has 0 saturated heterocycles. The molecule has 0 aliphatic heterocycles. The molecule has 2 aromatic rings. The van der Waals surface area contributed by atoms with Crippen molar-refractivity contribution in [1.82, 2.24) is 0 Å². The van der Waals surface area contributed by atoms with Gasteiger partial charge in [-0.2, -0.15) is 0 Å². The number of esters is 1. The molecule has 0 N–H and O–H groups in total. The van der Waals surface area contributed by atoms with Crippen LogP contribution in [0.2, 0.25) is 0 Å². The van der Waals surface area contributed by atoms with Crippen LogP contribution in [0, 0.1) is 27.9 Å². The second kappa shape index (κ2) is 5.43. The van der Waals surface area contributed by atoms with Crippen LogP contribution < -0.4 is 0 Å². The lowest BCUT2D eigenvalue weighted by Crippen LogP contribution is -2.50. The monoisotopic (exact) mass is 375 g/mol. The number of fused-ring (bicyclic) bond motifs is 12. The molecule has 0 aromatic heterocycles. The maximum Gasteiger partial charge on any atom is 0.338 e. The largest absolute Gasteiger partial charge is 0.454 e. The van der Waals surface area contributed by atoms with Gasteiger partial charge in [-0.15, -0.1) is 0 Å². The summed E-state index contributed by atoms with van der Waals surface area (Å²) in [5.74, 6) is 1.97. The topological polar surface area (TPSA) is 69.4 Å². The number of ether oxygens (including phenoxy) is 1. The van der Waals surface area contributed by atoms with Crippen LogP contribution in [0.25, 0.3) is 0 Å². The van der Waals surface area contributed by atoms with Crippen LogP contribution in [-0.2, 0) is 4.74 Å². The molecule has 6 rings (SSSR count). The minimum atomic E-state index is -0.452. The van der Waals surface area contributed by atoms with Gasteiger partial charge in [0.15, 0.2) is 0 Å². The number of nitrogens with zero attached hydrogens (tertiary/aromatic N) is 1. The van der Waals surface area contributed by atoms with Crippen molar-refractivity contribution in [3.63, 3.8) is 0 Å². The molecule has 4 aliphatic carbocycles. The van der Waals surface area contributed by atoms with Crippen LogP contribution in [0.5, 0.6) is 0 Å². The standard InChI is InChI=1S/C23H21NO4/c25-22(13-6-9-16(10-7-13)24(26)27)28-23-15-8-5-14(11-15)21(23)19-12-20(23)18-4-2-1-3-17(18)19/h1-4,6-7,9-10,14-15,19-21H,5,8,11-12H2/t14-,15-,19+,20+,21-,23+/m1/s1. The molecule has 5 heteroatoms. The lowest BCUT2D eigenvalue weighted by molar-refractivity contribution is -0.384. The second-order valence-corrected chi connectivity index (χ2v) is 8.87. The van der Waals surface area contributed by atoms with E-state index in [-0.39, 0.29) is 23.2 Å². The van der Waals surface area contributed by atoms with Crippen LogP contribution in [0.3, 0.4) is 0 Å². The van der Waals surface area contributed by atoms with Crippen LogP contribution in [0.15, 0.2) is 48.5 Å². The van der Waals surface area contributed by atoms with Gasteiger partial charge in [-0.05, 0) is 60.8 Å². The lowest BCUT2D eigenvalue weighted by atomic mass is 9.65. The van der Waals surface area contributed by atoms with Gasteiger partial charge in [-0.25, -0.2) is 4.79 Å². The van der Waals surface area contributed by atoms with Crippen molar-refractivity contribution in [1.29, 1.82) is 0 Å². The fourth-order valence-corrected chi connectivity index (χ4v) is 7.16. The molecule has 0 spiro atoms. The first-order valence-electron chi connectivity index (χ1n) is 10.2. The summed E-state index contributed by atoms with van der Waals surface area (Å²) in [7, 11) is 0. The Labute approximate surface area is 162 Å². The highest BCUT2D eigenvalue weighted by atomic mass is 16.6. The Morgan fingerprint density at radius 3 is 2.54 bits per heavy atom. The van der Waals surface area contributed by atoms with Crippen LogP contribution in [0.1, 0.15) is 59.0 Å². The smallest absolute Gasteiger partial charge is 0.338 e. The minimum absolute atomic E-state index is 0.0126. The van der Waals surface area contributed by atoms with E-state index < -0.39 is 4.92 Å². The predicted molar refractivity (Wildman–Crippen MR) is 102 cm³/mol. The molecule has 3 saturated carbocycles. The van der Waals surface area contributed by atoms with Gasteiger partial charge in [-0.1, -0.05) is 24.3 Å². The highest BCUT2D eigenvalue weighted by Gasteiger charge is 2.72. The summed E-state index contributed by atoms with van der Waals surface area (Å²) < 4.78 is 6.43. The van der Waals surface area contributed by atoms with Gasteiger partial charge in [0.05, 0.1) is 10.5 Å². The van der Waals surface area contributed by atoms with Crippen molar-refractivity contribution < 1.29 is 14.5 Å². The number of nitro groups is 1. The molecule has 0 heterocycles. The van der Waals surface area contributed by atoms with Gasteiger partial charge >= 0.3 is 5.97 Å². The van der Waals surface area contributed by atoms with Gasteiger partial charge in [0.25, 0.3) is 5.69 Å². The maximum absolute atomic E-state index is 13.1. The Morgan fingerprint density at radius 2 is 1.79 bits per heavy atom. The summed E-state index contributed by atoms with van der Waals surface area (Å²) in [5.41, 5.74) is 2.83. The SMILES string of the molecule is O=C(O[C@]12[C@@H]3CC[C@H](C3)[C@@H]1[C@H]1C[C@H]2c2ccccc21)c1ccc([N+](=O)[O-])cc1. The number of hydrogen-bond acceptors (Lipinski definition) is 4. The van der Waals surface area contributed by atoms with Gasteiger partial charge in [0.1, 0.15) is 5.60 Å². The van der Waals surface area contributed by atoms with Gasteiger partial charge in [0, 0.05) is 29.9 Å². The first kappa shape index (κ1) is 16.3. The molecule has 0 amide bonds. The zero-order valence-corrected chi connectivity index (χ0v) is 15.4. The van der Waals surface area contributed by atoms with E-state index in [9.17, 15) is 14.9 Å². The molecule has 28 heavy (non-hydrogen) atoms. The fourth-order valence-electron chi connectivity index (χ4n) is 7.16. The van der Waals surface area contributed by atoms with E-state index in [1.807, 2.05) is 0 Å². The molecular formula is C23H21NO4. The molecule has 6 atom stereocenters. The highest BCUT2D eigenvalue weighted by molar-refractivity contribution is 5.90. The maximum atomic E-state index is 13.1. The molecule has 4 aliphatic rings. The zero-order valence-electron chi connectivity index (χ0n) is 15.4. The van der Waals surface area contributed by atoms with Crippen LogP contribution in [-0.4, -0.2) is 16.5 Å². The average Bonchev–Trinajstić information content (AvgIpc) is 3.46.